The molecule has 5 nitrogen and oxygen atoms in total. The lowest BCUT2D eigenvalue weighted by Crippen LogP contribution is -2.45. The maximum absolute atomic E-state index is 13.1. The number of esters is 1. The van der Waals surface area contributed by atoms with Gasteiger partial charge in [0.25, 0.3) is 0 Å². The van der Waals surface area contributed by atoms with E-state index in [0.717, 1.165) is 37.0 Å². The number of rotatable bonds is 1. The van der Waals surface area contributed by atoms with Crippen LogP contribution in [0.4, 0.5) is 0 Å². The third-order valence-electron chi connectivity index (χ3n) is 5.34. The topological polar surface area (TPSA) is 55.8 Å². The quantitative estimate of drug-likeness (QED) is 0.746. The highest BCUT2D eigenvalue weighted by molar-refractivity contribution is 5.88. The highest BCUT2D eigenvalue weighted by Gasteiger charge is 2.54. The van der Waals surface area contributed by atoms with Gasteiger partial charge in [0.15, 0.2) is 0 Å². The summed E-state index contributed by atoms with van der Waals surface area (Å²) >= 11 is 0. The molecule has 1 atom stereocenters. The van der Waals surface area contributed by atoms with Crippen molar-refractivity contribution in [3.63, 3.8) is 0 Å². The minimum absolute atomic E-state index is 0.0399. The highest BCUT2D eigenvalue weighted by atomic mass is 16.6. The Hall–Kier alpha value is -2.04. The molecule has 122 valence electrons. The molecule has 1 saturated heterocycles. The van der Waals surface area contributed by atoms with Crippen LogP contribution in [0.1, 0.15) is 37.7 Å². The van der Waals surface area contributed by atoms with E-state index in [1.165, 1.54) is 0 Å². The van der Waals surface area contributed by atoms with Crippen LogP contribution >= 0.6 is 0 Å². The molecule has 0 radical (unpaired) electrons. The molecule has 5 heteroatoms. The van der Waals surface area contributed by atoms with Crippen molar-refractivity contribution in [1.29, 1.82) is 0 Å². The van der Waals surface area contributed by atoms with E-state index >= 15 is 0 Å². The van der Waals surface area contributed by atoms with Crippen LogP contribution in [-0.2, 0) is 20.9 Å². The standard InChI is InChI=1S/C18H21NO4/c20-16-11-14(18(23-16)7-3-4-8-18)17(21)19-9-10-22-15-6-2-1-5-13(15)12-19/h1-2,5-6,14H,3-4,7-12H2/t14-/m1/s1. The lowest BCUT2D eigenvalue weighted by atomic mass is 9.84. The molecule has 1 spiro atoms. The molecule has 1 saturated carbocycles. The largest absolute Gasteiger partial charge is 0.491 e. The second-order valence-electron chi connectivity index (χ2n) is 6.72. The molecule has 0 bridgehead atoms. The number of carbonyl (C=O) groups is 2. The van der Waals surface area contributed by atoms with Crippen molar-refractivity contribution < 1.29 is 19.1 Å². The number of fused-ring (bicyclic) bond motifs is 1. The SMILES string of the molecule is O=C1C[C@H](C(=O)N2CCOc3ccccc3C2)C2(CCCC2)O1. The predicted octanol–water partition coefficient (Wildman–Crippen LogP) is 2.28. The molecule has 3 aliphatic rings. The first-order valence-electron chi connectivity index (χ1n) is 8.39. The van der Waals surface area contributed by atoms with Gasteiger partial charge in [-0.25, -0.2) is 0 Å². The van der Waals surface area contributed by atoms with Crippen LogP contribution in [0, 0.1) is 5.92 Å². The van der Waals surface area contributed by atoms with Gasteiger partial charge in [0.2, 0.25) is 5.91 Å². The molecule has 1 aliphatic carbocycles. The van der Waals surface area contributed by atoms with Crippen LogP contribution in [0.2, 0.25) is 0 Å². The van der Waals surface area contributed by atoms with Crippen LogP contribution in [-0.4, -0.2) is 35.5 Å². The van der Waals surface area contributed by atoms with Gasteiger partial charge in [-0.1, -0.05) is 18.2 Å². The Morgan fingerprint density at radius 1 is 1.22 bits per heavy atom. The van der Waals surface area contributed by atoms with Crippen LogP contribution in [0.3, 0.4) is 0 Å². The highest BCUT2D eigenvalue weighted by Crippen LogP contribution is 2.46. The first-order valence-corrected chi connectivity index (χ1v) is 8.39. The smallest absolute Gasteiger partial charge is 0.307 e. The molecule has 23 heavy (non-hydrogen) atoms. The first-order chi connectivity index (χ1) is 11.2. The van der Waals surface area contributed by atoms with Gasteiger partial charge in [0.05, 0.1) is 18.9 Å². The lowest BCUT2D eigenvalue weighted by Gasteiger charge is -2.31. The lowest BCUT2D eigenvalue weighted by molar-refractivity contribution is -0.151. The zero-order valence-electron chi connectivity index (χ0n) is 13.1. The number of ether oxygens (including phenoxy) is 2. The summed E-state index contributed by atoms with van der Waals surface area (Å²) < 4.78 is 11.4. The van der Waals surface area contributed by atoms with Crippen molar-refractivity contribution in [2.75, 3.05) is 13.2 Å². The fourth-order valence-electron chi connectivity index (χ4n) is 4.16. The summed E-state index contributed by atoms with van der Waals surface area (Å²) in [5.41, 5.74) is 0.477. The summed E-state index contributed by atoms with van der Waals surface area (Å²) in [6, 6.07) is 7.82. The molecule has 0 unspecified atom stereocenters. The predicted molar refractivity (Wildman–Crippen MR) is 82.8 cm³/mol. The molecule has 4 rings (SSSR count). The first kappa shape index (κ1) is 14.5. The van der Waals surface area contributed by atoms with E-state index in [-0.39, 0.29) is 24.2 Å². The van der Waals surface area contributed by atoms with Crippen LogP contribution < -0.4 is 4.74 Å². The second-order valence-corrected chi connectivity index (χ2v) is 6.72. The normalized spacial score (nSPS) is 25.7. The van der Waals surface area contributed by atoms with Crippen molar-refractivity contribution >= 4 is 11.9 Å². The van der Waals surface area contributed by atoms with E-state index in [1.54, 1.807) is 0 Å². The molecule has 2 aliphatic heterocycles. The molecule has 0 N–H and O–H groups in total. The molecular formula is C18H21NO4. The summed E-state index contributed by atoms with van der Waals surface area (Å²) in [6.07, 6.45) is 3.91. The monoisotopic (exact) mass is 315 g/mol. The van der Waals surface area contributed by atoms with Crippen LogP contribution in [0.5, 0.6) is 5.75 Å². The van der Waals surface area contributed by atoms with Gasteiger partial charge in [-0.2, -0.15) is 0 Å². The molecule has 1 aromatic carbocycles. The minimum atomic E-state index is -0.541. The number of hydrogen-bond acceptors (Lipinski definition) is 4. The fourth-order valence-corrected chi connectivity index (χ4v) is 4.16. The molecule has 2 heterocycles. The van der Waals surface area contributed by atoms with E-state index in [0.29, 0.717) is 19.7 Å². The number of nitrogens with zero attached hydrogens (tertiary/aromatic N) is 1. The van der Waals surface area contributed by atoms with E-state index in [2.05, 4.69) is 0 Å². The fraction of sp³-hybridized carbons (Fsp3) is 0.556. The van der Waals surface area contributed by atoms with E-state index in [4.69, 9.17) is 9.47 Å². The zero-order valence-corrected chi connectivity index (χ0v) is 13.1. The summed E-state index contributed by atoms with van der Waals surface area (Å²) in [6.45, 7) is 1.57. The molecule has 2 fully saturated rings. The van der Waals surface area contributed by atoms with Crippen molar-refractivity contribution in [3.8, 4) is 5.75 Å². The number of amides is 1. The maximum atomic E-state index is 13.1. The van der Waals surface area contributed by atoms with E-state index < -0.39 is 5.60 Å². The summed E-state index contributed by atoms with van der Waals surface area (Å²) in [7, 11) is 0. The van der Waals surface area contributed by atoms with E-state index in [1.807, 2.05) is 29.2 Å². The number of para-hydroxylation sites is 1. The van der Waals surface area contributed by atoms with Gasteiger partial charge in [0, 0.05) is 12.1 Å². The Morgan fingerprint density at radius 2 is 2.00 bits per heavy atom. The minimum Gasteiger partial charge on any atom is -0.491 e. The summed E-state index contributed by atoms with van der Waals surface area (Å²) in [4.78, 5) is 26.8. The van der Waals surface area contributed by atoms with E-state index in [9.17, 15) is 9.59 Å². The molecular weight excluding hydrogens is 294 g/mol. The van der Waals surface area contributed by atoms with Gasteiger partial charge in [-0.3, -0.25) is 9.59 Å². The summed E-state index contributed by atoms with van der Waals surface area (Å²) in [5, 5.41) is 0. The second kappa shape index (κ2) is 5.55. The Morgan fingerprint density at radius 3 is 2.83 bits per heavy atom. The Bertz CT molecular complexity index is 636. The van der Waals surface area contributed by atoms with Crippen molar-refractivity contribution in [2.45, 2.75) is 44.2 Å². The average molecular weight is 315 g/mol. The van der Waals surface area contributed by atoms with Crippen LogP contribution in [0.25, 0.3) is 0 Å². The number of carbonyl (C=O) groups excluding carboxylic acids is 2. The van der Waals surface area contributed by atoms with Crippen LogP contribution in [0.15, 0.2) is 24.3 Å². The van der Waals surface area contributed by atoms with Gasteiger partial charge in [-0.15, -0.1) is 0 Å². The number of benzene rings is 1. The Kier molecular flexibility index (Phi) is 3.51. The maximum Gasteiger partial charge on any atom is 0.307 e. The third kappa shape index (κ3) is 2.48. The van der Waals surface area contributed by atoms with Gasteiger partial charge >= 0.3 is 5.97 Å². The molecule has 1 amide bonds. The Balaban J connectivity index is 1.58. The van der Waals surface area contributed by atoms with Crippen molar-refractivity contribution in [1.82, 2.24) is 4.90 Å². The van der Waals surface area contributed by atoms with Gasteiger partial charge in [-0.05, 0) is 31.7 Å². The zero-order chi connectivity index (χ0) is 15.9. The Labute approximate surface area is 135 Å². The van der Waals surface area contributed by atoms with Gasteiger partial charge in [0.1, 0.15) is 18.0 Å². The van der Waals surface area contributed by atoms with Gasteiger partial charge < -0.3 is 14.4 Å². The van der Waals surface area contributed by atoms with Crippen molar-refractivity contribution in [2.24, 2.45) is 5.92 Å². The van der Waals surface area contributed by atoms with Crippen molar-refractivity contribution in [3.05, 3.63) is 29.8 Å². The average Bonchev–Trinajstić information content (AvgIpc) is 3.07. The summed E-state index contributed by atoms with van der Waals surface area (Å²) in [5.74, 6) is 0.328. The molecule has 0 aromatic heterocycles. The number of hydrogen-bond donors (Lipinski definition) is 0. The third-order valence-corrected chi connectivity index (χ3v) is 5.34. The molecule has 1 aromatic rings.